The number of nitrogens with one attached hydrogen (secondary N) is 2. The minimum atomic E-state index is -0.404. The zero-order valence-corrected chi connectivity index (χ0v) is 21.5. The molecule has 0 saturated carbocycles. The summed E-state index contributed by atoms with van der Waals surface area (Å²) in [6, 6.07) is 8.29. The zero-order valence-electron chi connectivity index (χ0n) is 21.5. The van der Waals surface area contributed by atoms with Gasteiger partial charge in [-0.1, -0.05) is 102 Å². The number of aliphatic hydroxyl groups is 1. The number of hydrogen-bond acceptors (Lipinski definition) is 3. The van der Waals surface area contributed by atoms with Crippen molar-refractivity contribution in [2.75, 3.05) is 6.54 Å². The molecule has 0 spiro atoms. The average Bonchev–Trinajstić information content (AvgIpc) is 2.83. The van der Waals surface area contributed by atoms with E-state index in [1.54, 1.807) is 0 Å². The Labute approximate surface area is 208 Å². The second-order valence-corrected chi connectivity index (χ2v) is 9.31. The second kappa shape index (κ2) is 18.9. The molecular formula is C30H48N2O2. The van der Waals surface area contributed by atoms with Crippen LogP contribution < -0.4 is 10.6 Å². The molecule has 34 heavy (non-hydrogen) atoms. The summed E-state index contributed by atoms with van der Waals surface area (Å²) in [6.45, 7) is 14.4. The SMILES string of the molecule is C=Cc1ccc(CCCCCCCCCCCC(=O)N[C@@H](CCC(=C)NCCC)C(=C)O)cc1. The van der Waals surface area contributed by atoms with Crippen molar-refractivity contribution in [3.05, 3.63) is 66.6 Å². The molecule has 190 valence electrons. The van der Waals surface area contributed by atoms with E-state index in [9.17, 15) is 9.90 Å². The Morgan fingerprint density at radius 2 is 1.53 bits per heavy atom. The Morgan fingerprint density at radius 3 is 2.09 bits per heavy atom. The predicted octanol–water partition coefficient (Wildman–Crippen LogP) is 7.62. The molecule has 4 nitrogen and oxygen atoms in total. The van der Waals surface area contributed by atoms with Crippen LogP contribution in [0.2, 0.25) is 0 Å². The summed E-state index contributed by atoms with van der Waals surface area (Å²) in [5, 5.41) is 16.0. The average molecular weight is 469 g/mol. The van der Waals surface area contributed by atoms with Crippen LogP contribution >= 0.6 is 0 Å². The molecule has 3 N–H and O–H groups in total. The number of unbranched alkanes of at least 4 members (excludes halogenated alkanes) is 8. The van der Waals surface area contributed by atoms with Gasteiger partial charge in [0.05, 0.1) is 6.04 Å². The first-order valence-electron chi connectivity index (χ1n) is 13.3. The van der Waals surface area contributed by atoms with Gasteiger partial charge in [0.2, 0.25) is 5.91 Å². The minimum absolute atomic E-state index is 0.00791. The van der Waals surface area contributed by atoms with Crippen molar-refractivity contribution < 1.29 is 9.90 Å². The predicted molar refractivity (Wildman–Crippen MR) is 147 cm³/mol. The Hall–Kier alpha value is -2.49. The molecule has 0 fully saturated rings. The molecule has 0 aliphatic heterocycles. The third-order valence-electron chi connectivity index (χ3n) is 6.18. The summed E-state index contributed by atoms with van der Waals surface area (Å²) in [6.07, 6.45) is 16.7. The lowest BCUT2D eigenvalue weighted by molar-refractivity contribution is -0.121. The maximum absolute atomic E-state index is 12.2. The topological polar surface area (TPSA) is 61.4 Å². The molecule has 0 bridgehead atoms. The number of carbonyl (C=O) groups is 1. The van der Waals surface area contributed by atoms with Gasteiger partial charge in [-0.15, -0.1) is 0 Å². The summed E-state index contributed by atoms with van der Waals surface area (Å²) < 4.78 is 0. The molecule has 0 saturated heterocycles. The normalized spacial score (nSPS) is 11.6. The third kappa shape index (κ3) is 14.6. The summed E-state index contributed by atoms with van der Waals surface area (Å²) in [7, 11) is 0. The van der Waals surface area contributed by atoms with Crippen molar-refractivity contribution in [3.8, 4) is 0 Å². The number of amides is 1. The van der Waals surface area contributed by atoms with Gasteiger partial charge >= 0.3 is 0 Å². The molecule has 0 aliphatic rings. The number of aliphatic hydroxyl groups excluding tert-OH is 1. The van der Waals surface area contributed by atoms with Gasteiger partial charge in [-0.05, 0) is 49.7 Å². The van der Waals surface area contributed by atoms with Gasteiger partial charge < -0.3 is 15.7 Å². The van der Waals surface area contributed by atoms with Crippen molar-refractivity contribution in [2.24, 2.45) is 0 Å². The number of rotatable bonds is 21. The number of aryl methyl sites for hydroxylation is 1. The van der Waals surface area contributed by atoms with Crippen LogP contribution in [0, 0.1) is 0 Å². The largest absolute Gasteiger partial charge is 0.511 e. The van der Waals surface area contributed by atoms with E-state index >= 15 is 0 Å². The molecule has 1 atom stereocenters. The highest BCUT2D eigenvalue weighted by molar-refractivity contribution is 5.76. The van der Waals surface area contributed by atoms with Crippen LogP contribution in [0.1, 0.15) is 102 Å². The van der Waals surface area contributed by atoms with Gasteiger partial charge in [-0.3, -0.25) is 4.79 Å². The number of hydrogen-bond donors (Lipinski definition) is 3. The zero-order chi connectivity index (χ0) is 25.0. The Kier molecular flexibility index (Phi) is 16.4. The molecule has 0 aliphatic carbocycles. The summed E-state index contributed by atoms with van der Waals surface area (Å²) >= 11 is 0. The van der Waals surface area contributed by atoms with Crippen molar-refractivity contribution in [2.45, 2.75) is 103 Å². The number of benzene rings is 1. The van der Waals surface area contributed by atoms with Gasteiger partial charge in [0.1, 0.15) is 5.76 Å². The van der Waals surface area contributed by atoms with E-state index in [1.165, 1.54) is 56.1 Å². The Balaban J connectivity index is 2.00. The molecule has 0 radical (unpaired) electrons. The van der Waals surface area contributed by atoms with E-state index in [0.29, 0.717) is 19.3 Å². The Bertz CT molecular complexity index is 724. The highest BCUT2D eigenvalue weighted by Crippen LogP contribution is 2.14. The van der Waals surface area contributed by atoms with Crippen molar-refractivity contribution in [1.82, 2.24) is 10.6 Å². The molecular weight excluding hydrogens is 420 g/mol. The molecule has 1 aromatic rings. The minimum Gasteiger partial charge on any atom is -0.511 e. The summed E-state index contributed by atoms with van der Waals surface area (Å²) in [4.78, 5) is 12.2. The van der Waals surface area contributed by atoms with Gasteiger partial charge in [0.25, 0.3) is 0 Å². The van der Waals surface area contributed by atoms with Crippen LogP contribution in [-0.2, 0) is 11.2 Å². The lowest BCUT2D eigenvalue weighted by atomic mass is 10.0. The van der Waals surface area contributed by atoms with Crippen LogP contribution in [0.15, 0.2) is 55.5 Å². The fourth-order valence-electron chi connectivity index (χ4n) is 3.97. The number of carbonyl (C=O) groups excluding carboxylic acids is 1. The lowest BCUT2D eigenvalue weighted by Gasteiger charge is -2.18. The smallest absolute Gasteiger partial charge is 0.220 e. The van der Waals surface area contributed by atoms with Gasteiger partial charge in [-0.25, -0.2) is 0 Å². The van der Waals surface area contributed by atoms with E-state index in [4.69, 9.17) is 0 Å². The highest BCUT2D eigenvalue weighted by atomic mass is 16.3. The fourth-order valence-corrected chi connectivity index (χ4v) is 3.97. The first kappa shape index (κ1) is 29.5. The molecule has 4 heteroatoms. The van der Waals surface area contributed by atoms with Crippen LogP contribution in [0.4, 0.5) is 0 Å². The quantitative estimate of drug-likeness (QED) is 0.128. The molecule has 0 aromatic heterocycles. The first-order valence-corrected chi connectivity index (χ1v) is 13.3. The Morgan fingerprint density at radius 1 is 0.941 bits per heavy atom. The van der Waals surface area contributed by atoms with E-state index in [0.717, 1.165) is 37.9 Å². The molecule has 1 amide bonds. The third-order valence-corrected chi connectivity index (χ3v) is 6.18. The molecule has 0 unspecified atom stereocenters. The molecule has 1 aromatic carbocycles. The van der Waals surface area contributed by atoms with Crippen molar-refractivity contribution in [3.63, 3.8) is 0 Å². The van der Waals surface area contributed by atoms with Crippen LogP contribution in [0.25, 0.3) is 6.08 Å². The second-order valence-electron chi connectivity index (χ2n) is 9.31. The maximum atomic E-state index is 12.2. The van der Waals surface area contributed by atoms with E-state index in [-0.39, 0.29) is 11.7 Å². The lowest BCUT2D eigenvalue weighted by Crippen LogP contribution is -2.36. The summed E-state index contributed by atoms with van der Waals surface area (Å²) in [5.41, 5.74) is 3.53. The monoisotopic (exact) mass is 468 g/mol. The van der Waals surface area contributed by atoms with E-state index in [1.807, 2.05) is 6.08 Å². The van der Waals surface area contributed by atoms with Gasteiger partial charge in [0.15, 0.2) is 0 Å². The first-order chi connectivity index (χ1) is 16.5. The van der Waals surface area contributed by atoms with E-state index in [2.05, 4.69) is 61.6 Å². The van der Waals surface area contributed by atoms with Gasteiger partial charge in [0, 0.05) is 18.7 Å². The van der Waals surface area contributed by atoms with Crippen LogP contribution in [-0.4, -0.2) is 23.6 Å². The highest BCUT2D eigenvalue weighted by Gasteiger charge is 2.15. The molecule has 0 heterocycles. The van der Waals surface area contributed by atoms with Gasteiger partial charge in [-0.2, -0.15) is 0 Å². The fraction of sp³-hybridized carbons (Fsp3) is 0.567. The standard InChI is InChI=1S/C30H48N2O2/c1-5-24-31-25(3)18-23-29(26(4)33)32-30(34)17-15-13-11-9-7-8-10-12-14-16-28-21-19-27(6-2)20-22-28/h6,19-22,29,31,33H,2-5,7-18,23-24H2,1H3,(H,32,34)/t29-/m0/s1. The van der Waals surface area contributed by atoms with Crippen molar-refractivity contribution >= 4 is 12.0 Å². The van der Waals surface area contributed by atoms with Crippen LogP contribution in [0.5, 0.6) is 0 Å². The summed E-state index contributed by atoms with van der Waals surface area (Å²) in [5.74, 6) is 0.00806. The van der Waals surface area contributed by atoms with E-state index < -0.39 is 6.04 Å². The van der Waals surface area contributed by atoms with Crippen LogP contribution in [0.3, 0.4) is 0 Å². The number of allylic oxidation sites excluding steroid dienone is 1. The van der Waals surface area contributed by atoms with Crippen molar-refractivity contribution in [1.29, 1.82) is 0 Å². The maximum Gasteiger partial charge on any atom is 0.220 e. The molecule has 1 rings (SSSR count).